The summed E-state index contributed by atoms with van der Waals surface area (Å²) in [6, 6.07) is 0. The Morgan fingerprint density at radius 1 is 0.550 bits per heavy atom. The average molecular weight is 270 g/mol. The van der Waals surface area contributed by atoms with Crippen molar-refractivity contribution in [1.29, 1.82) is 0 Å². The van der Waals surface area contributed by atoms with Crippen LogP contribution >= 0.6 is 0 Å². The van der Waals surface area contributed by atoms with Crippen molar-refractivity contribution < 1.29 is 0 Å². The highest BCUT2D eigenvalue weighted by atomic mass is 14.2. The summed E-state index contributed by atoms with van der Waals surface area (Å²) in [5.74, 6) is 0. The first-order valence-corrected chi connectivity index (χ1v) is 8.10. The zero-order chi connectivity index (χ0) is 14.9. The average Bonchev–Trinajstić information content (AvgIpc) is 2.39. The zero-order valence-electron chi connectivity index (χ0n) is 14.2. The molecule has 0 unspecified atom stereocenters. The predicted molar refractivity (Wildman–Crippen MR) is 89.9 cm³/mol. The van der Waals surface area contributed by atoms with Crippen molar-refractivity contribution in [3.8, 4) is 0 Å². The second kappa shape index (κ2) is 6.16. The Kier molecular flexibility index (Phi) is 4.73. The van der Waals surface area contributed by atoms with Crippen LogP contribution in [0.4, 0.5) is 0 Å². The van der Waals surface area contributed by atoms with E-state index in [4.69, 9.17) is 0 Å². The quantitative estimate of drug-likeness (QED) is 0.503. The van der Waals surface area contributed by atoms with Gasteiger partial charge in [0.25, 0.3) is 0 Å². The fourth-order valence-corrected chi connectivity index (χ4v) is 3.60. The predicted octanol–water partition coefficient (Wildman–Crippen LogP) is 6.66. The Balaban J connectivity index is 2.14. The Morgan fingerprint density at radius 2 is 0.950 bits per heavy atom. The van der Waals surface area contributed by atoms with Gasteiger partial charge in [0.2, 0.25) is 0 Å². The van der Waals surface area contributed by atoms with Gasteiger partial charge < -0.3 is 0 Å². The van der Waals surface area contributed by atoms with Crippen molar-refractivity contribution in [3.63, 3.8) is 0 Å². The highest BCUT2D eigenvalue weighted by molar-refractivity contribution is 5.39. The molecule has 0 heteroatoms. The van der Waals surface area contributed by atoms with E-state index in [1.165, 1.54) is 38.5 Å². The molecule has 0 amide bonds. The molecule has 0 radical (unpaired) electrons. The van der Waals surface area contributed by atoms with Crippen molar-refractivity contribution in [2.75, 3.05) is 0 Å². The summed E-state index contributed by atoms with van der Waals surface area (Å²) in [6.45, 7) is 13.9. The third kappa shape index (κ3) is 3.16. The first kappa shape index (κ1) is 15.4. The monoisotopic (exact) mass is 270 g/mol. The van der Waals surface area contributed by atoms with Crippen LogP contribution in [0, 0.1) is 0 Å². The molecule has 0 saturated carbocycles. The first-order chi connectivity index (χ1) is 9.42. The minimum atomic E-state index is 1.20. The van der Waals surface area contributed by atoms with E-state index in [9.17, 15) is 0 Å². The molecule has 0 heterocycles. The second-order valence-corrected chi connectivity index (χ2v) is 6.95. The standard InChI is InChI=1S/C20H30/c1-7-18-10-17(6)20(11-16(18)5)12-19-9-14(3)13(2)8-15(19)4/h7-12H2,1-6H3. The van der Waals surface area contributed by atoms with Crippen molar-refractivity contribution in [3.05, 3.63) is 44.6 Å². The largest absolute Gasteiger partial charge is 0.0700 e. The molecule has 0 atom stereocenters. The van der Waals surface area contributed by atoms with Crippen molar-refractivity contribution in [2.45, 2.75) is 80.1 Å². The maximum absolute atomic E-state index is 2.35. The summed E-state index contributed by atoms with van der Waals surface area (Å²) >= 11 is 0. The van der Waals surface area contributed by atoms with E-state index >= 15 is 0 Å². The third-order valence-electron chi connectivity index (χ3n) is 5.36. The van der Waals surface area contributed by atoms with E-state index in [2.05, 4.69) is 41.5 Å². The molecule has 0 aliphatic heterocycles. The van der Waals surface area contributed by atoms with Crippen LogP contribution in [-0.2, 0) is 0 Å². The lowest BCUT2D eigenvalue weighted by Crippen LogP contribution is -2.07. The minimum Gasteiger partial charge on any atom is -0.0700 e. The van der Waals surface area contributed by atoms with Gasteiger partial charge in [-0.15, -0.1) is 0 Å². The Hall–Kier alpha value is -1.04. The van der Waals surface area contributed by atoms with Crippen molar-refractivity contribution in [1.82, 2.24) is 0 Å². The highest BCUT2D eigenvalue weighted by Crippen LogP contribution is 2.38. The lowest BCUT2D eigenvalue weighted by atomic mass is 9.80. The van der Waals surface area contributed by atoms with Gasteiger partial charge in [-0.2, -0.15) is 0 Å². The number of hydrogen-bond acceptors (Lipinski definition) is 0. The SMILES string of the molecule is CCC1=C(C)CC(CC2=C(C)CC(C)=C(C)C2)=C(C)C1. The number of allylic oxidation sites excluding steroid dienone is 8. The third-order valence-corrected chi connectivity index (χ3v) is 5.36. The Labute approximate surface area is 125 Å². The molecule has 110 valence electrons. The second-order valence-electron chi connectivity index (χ2n) is 6.95. The molecule has 0 bridgehead atoms. The Bertz CT molecular complexity index is 532. The molecule has 20 heavy (non-hydrogen) atoms. The molecule has 2 aliphatic carbocycles. The van der Waals surface area contributed by atoms with Crippen molar-refractivity contribution in [2.24, 2.45) is 0 Å². The molecule has 0 spiro atoms. The first-order valence-electron chi connectivity index (χ1n) is 8.10. The van der Waals surface area contributed by atoms with E-state index in [0.29, 0.717) is 0 Å². The van der Waals surface area contributed by atoms with Crippen LogP contribution in [0.2, 0.25) is 0 Å². The van der Waals surface area contributed by atoms with Gasteiger partial charge in [-0.05, 0) is 73.1 Å². The molecule has 2 rings (SSSR count). The summed E-state index contributed by atoms with van der Waals surface area (Å²) in [5, 5.41) is 0. The summed E-state index contributed by atoms with van der Waals surface area (Å²) in [5.41, 5.74) is 13.1. The van der Waals surface area contributed by atoms with E-state index < -0.39 is 0 Å². The summed E-state index contributed by atoms with van der Waals surface area (Å²) in [4.78, 5) is 0. The van der Waals surface area contributed by atoms with Gasteiger partial charge >= 0.3 is 0 Å². The molecule has 0 saturated heterocycles. The lowest BCUT2D eigenvalue weighted by Gasteiger charge is -2.26. The van der Waals surface area contributed by atoms with E-state index in [0.717, 1.165) is 0 Å². The van der Waals surface area contributed by atoms with Crippen LogP contribution in [0.15, 0.2) is 44.6 Å². The zero-order valence-corrected chi connectivity index (χ0v) is 14.2. The molecule has 0 aromatic carbocycles. The molecular formula is C20H30. The van der Waals surface area contributed by atoms with Crippen LogP contribution in [0.5, 0.6) is 0 Å². The number of hydrogen-bond donors (Lipinski definition) is 0. The van der Waals surface area contributed by atoms with Gasteiger partial charge in [-0.25, -0.2) is 0 Å². The summed E-state index contributed by atoms with van der Waals surface area (Å²) in [7, 11) is 0. The molecule has 2 aliphatic rings. The van der Waals surface area contributed by atoms with E-state index in [1.54, 1.807) is 44.6 Å². The Morgan fingerprint density at radius 3 is 1.55 bits per heavy atom. The fourth-order valence-electron chi connectivity index (χ4n) is 3.60. The van der Waals surface area contributed by atoms with Crippen LogP contribution in [0.25, 0.3) is 0 Å². The van der Waals surface area contributed by atoms with Crippen LogP contribution in [0.1, 0.15) is 80.1 Å². The lowest BCUT2D eigenvalue weighted by molar-refractivity contribution is 0.808. The van der Waals surface area contributed by atoms with Gasteiger partial charge in [0.1, 0.15) is 0 Å². The minimum absolute atomic E-state index is 1.20. The fraction of sp³-hybridized carbons (Fsp3) is 0.600. The van der Waals surface area contributed by atoms with Gasteiger partial charge in [0.15, 0.2) is 0 Å². The van der Waals surface area contributed by atoms with Crippen molar-refractivity contribution >= 4 is 0 Å². The van der Waals surface area contributed by atoms with Crippen LogP contribution in [-0.4, -0.2) is 0 Å². The van der Waals surface area contributed by atoms with E-state index in [-0.39, 0.29) is 0 Å². The van der Waals surface area contributed by atoms with Gasteiger partial charge in [-0.3, -0.25) is 0 Å². The maximum Gasteiger partial charge on any atom is -0.00967 e. The molecule has 0 fully saturated rings. The summed E-state index contributed by atoms with van der Waals surface area (Å²) < 4.78 is 0. The number of rotatable bonds is 3. The van der Waals surface area contributed by atoms with E-state index in [1.807, 2.05) is 0 Å². The van der Waals surface area contributed by atoms with Crippen LogP contribution < -0.4 is 0 Å². The van der Waals surface area contributed by atoms with Crippen LogP contribution in [0.3, 0.4) is 0 Å². The summed E-state index contributed by atoms with van der Waals surface area (Å²) in [6.07, 6.45) is 7.28. The molecule has 0 aromatic rings. The topological polar surface area (TPSA) is 0 Å². The molecular weight excluding hydrogens is 240 g/mol. The van der Waals surface area contributed by atoms with Gasteiger partial charge in [0.05, 0.1) is 0 Å². The normalized spacial score (nSPS) is 21.3. The molecule has 0 nitrogen and oxygen atoms in total. The maximum atomic E-state index is 2.35. The van der Waals surface area contributed by atoms with Gasteiger partial charge in [0, 0.05) is 0 Å². The smallest absolute Gasteiger partial charge is 0.00967 e. The van der Waals surface area contributed by atoms with Gasteiger partial charge in [-0.1, -0.05) is 51.5 Å². The highest BCUT2D eigenvalue weighted by Gasteiger charge is 2.18. The molecule has 0 N–H and O–H groups in total. The molecule has 0 aromatic heterocycles.